The molecular formula is C20H26N4O. The summed E-state index contributed by atoms with van der Waals surface area (Å²) < 4.78 is 0. The third-order valence-electron chi connectivity index (χ3n) is 4.76. The fourth-order valence-electron chi connectivity index (χ4n) is 3.32. The van der Waals surface area contributed by atoms with E-state index >= 15 is 0 Å². The molecule has 5 heteroatoms. The Morgan fingerprint density at radius 1 is 1.04 bits per heavy atom. The Morgan fingerprint density at radius 2 is 1.76 bits per heavy atom. The summed E-state index contributed by atoms with van der Waals surface area (Å²) in [5.41, 5.74) is 9.24. The van der Waals surface area contributed by atoms with E-state index in [1.807, 2.05) is 19.1 Å². The average Bonchev–Trinajstić information content (AvgIpc) is 2.64. The Bertz CT molecular complexity index is 709. The van der Waals surface area contributed by atoms with Crippen LogP contribution in [0.2, 0.25) is 0 Å². The molecule has 0 radical (unpaired) electrons. The Balaban J connectivity index is 1.49. The van der Waals surface area contributed by atoms with Gasteiger partial charge in [0.25, 0.3) is 5.91 Å². The van der Waals surface area contributed by atoms with Gasteiger partial charge in [-0.1, -0.05) is 30.3 Å². The third kappa shape index (κ3) is 4.31. The van der Waals surface area contributed by atoms with Crippen molar-refractivity contribution in [1.29, 1.82) is 0 Å². The molecule has 2 aromatic carbocycles. The summed E-state index contributed by atoms with van der Waals surface area (Å²) in [5, 5.41) is 3.40. The number of nitrogens with zero attached hydrogens (tertiary/aromatic N) is 2. The van der Waals surface area contributed by atoms with Gasteiger partial charge in [-0.3, -0.25) is 9.69 Å². The van der Waals surface area contributed by atoms with Crippen LogP contribution in [-0.2, 0) is 0 Å². The van der Waals surface area contributed by atoms with E-state index in [9.17, 15) is 4.79 Å². The van der Waals surface area contributed by atoms with Gasteiger partial charge in [-0.05, 0) is 30.7 Å². The zero-order valence-corrected chi connectivity index (χ0v) is 14.7. The van der Waals surface area contributed by atoms with Crippen LogP contribution in [0.25, 0.3) is 0 Å². The van der Waals surface area contributed by atoms with Crippen LogP contribution in [0.5, 0.6) is 0 Å². The van der Waals surface area contributed by atoms with Gasteiger partial charge < -0.3 is 16.0 Å². The second-order valence-corrected chi connectivity index (χ2v) is 6.45. The zero-order valence-electron chi connectivity index (χ0n) is 14.7. The fraction of sp³-hybridized carbons (Fsp3) is 0.350. The number of hydrogen-bond acceptors (Lipinski definition) is 4. The Kier molecular flexibility index (Phi) is 5.56. The Labute approximate surface area is 149 Å². The summed E-state index contributed by atoms with van der Waals surface area (Å²) in [4.78, 5) is 16.5. The molecule has 1 saturated heterocycles. The van der Waals surface area contributed by atoms with Gasteiger partial charge in [-0.2, -0.15) is 0 Å². The fourth-order valence-corrected chi connectivity index (χ4v) is 3.32. The van der Waals surface area contributed by atoms with Crippen LogP contribution >= 0.6 is 0 Å². The number of carbonyl (C=O) groups is 1. The summed E-state index contributed by atoms with van der Waals surface area (Å²) in [6.07, 6.45) is 0. The molecule has 1 fully saturated rings. The number of anilines is 2. The number of hydrogen-bond donors (Lipinski definition) is 2. The van der Waals surface area contributed by atoms with Crippen molar-refractivity contribution in [1.82, 2.24) is 4.90 Å². The lowest BCUT2D eigenvalue weighted by atomic mass is 10.1. The maximum absolute atomic E-state index is 11.6. The maximum Gasteiger partial charge on any atom is 0.250 e. The first-order valence-corrected chi connectivity index (χ1v) is 8.81. The van der Waals surface area contributed by atoms with Gasteiger partial charge in [0.1, 0.15) is 0 Å². The number of para-hydroxylation sites is 2. The van der Waals surface area contributed by atoms with Crippen molar-refractivity contribution >= 4 is 17.3 Å². The number of benzene rings is 2. The average molecular weight is 338 g/mol. The van der Waals surface area contributed by atoms with E-state index in [1.165, 1.54) is 5.69 Å². The highest BCUT2D eigenvalue weighted by atomic mass is 16.1. The SMILES string of the molecule is Cc1cccc(C(N)=O)c1NCCN1CCN(c2ccccc2)CC1. The van der Waals surface area contributed by atoms with E-state index in [4.69, 9.17) is 5.73 Å². The highest BCUT2D eigenvalue weighted by Crippen LogP contribution is 2.20. The molecule has 3 rings (SSSR count). The van der Waals surface area contributed by atoms with Crippen LogP contribution in [0.3, 0.4) is 0 Å². The second-order valence-electron chi connectivity index (χ2n) is 6.45. The summed E-state index contributed by atoms with van der Waals surface area (Å²) in [7, 11) is 0. The Morgan fingerprint density at radius 3 is 2.44 bits per heavy atom. The smallest absolute Gasteiger partial charge is 0.250 e. The number of rotatable bonds is 6. The van der Waals surface area contributed by atoms with Gasteiger partial charge >= 0.3 is 0 Å². The van der Waals surface area contributed by atoms with Gasteiger partial charge in [0, 0.05) is 50.6 Å². The van der Waals surface area contributed by atoms with Gasteiger partial charge in [-0.15, -0.1) is 0 Å². The number of nitrogens with one attached hydrogen (secondary N) is 1. The molecule has 0 aromatic heterocycles. The molecule has 2 aromatic rings. The van der Waals surface area contributed by atoms with Crippen molar-refractivity contribution in [2.45, 2.75) is 6.92 Å². The van der Waals surface area contributed by atoms with Crippen LogP contribution in [0.4, 0.5) is 11.4 Å². The monoisotopic (exact) mass is 338 g/mol. The van der Waals surface area contributed by atoms with Crippen molar-refractivity contribution in [3.63, 3.8) is 0 Å². The van der Waals surface area contributed by atoms with Gasteiger partial charge in [0.05, 0.1) is 5.56 Å². The van der Waals surface area contributed by atoms with Crippen LogP contribution in [0.15, 0.2) is 48.5 Å². The van der Waals surface area contributed by atoms with E-state index in [1.54, 1.807) is 6.07 Å². The highest BCUT2D eigenvalue weighted by Gasteiger charge is 2.17. The molecule has 132 valence electrons. The number of aryl methyl sites for hydroxylation is 1. The van der Waals surface area contributed by atoms with E-state index in [0.717, 1.165) is 50.5 Å². The second kappa shape index (κ2) is 8.03. The topological polar surface area (TPSA) is 61.6 Å². The molecule has 0 spiro atoms. The largest absolute Gasteiger partial charge is 0.383 e. The molecule has 0 bridgehead atoms. The minimum absolute atomic E-state index is 0.386. The zero-order chi connectivity index (χ0) is 17.6. The van der Waals surface area contributed by atoms with Crippen molar-refractivity contribution in [2.75, 3.05) is 49.5 Å². The lowest BCUT2D eigenvalue weighted by molar-refractivity contribution is 0.100. The lowest BCUT2D eigenvalue weighted by Crippen LogP contribution is -2.47. The number of carbonyl (C=O) groups excluding carboxylic acids is 1. The van der Waals surface area contributed by atoms with Gasteiger partial charge in [0.2, 0.25) is 0 Å². The minimum Gasteiger partial charge on any atom is -0.383 e. The van der Waals surface area contributed by atoms with Crippen molar-refractivity contribution in [3.05, 3.63) is 59.7 Å². The quantitative estimate of drug-likeness (QED) is 0.849. The predicted octanol–water partition coefficient (Wildman–Crippen LogP) is 2.33. The maximum atomic E-state index is 11.6. The summed E-state index contributed by atoms with van der Waals surface area (Å²) in [6, 6.07) is 16.2. The summed E-state index contributed by atoms with van der Waals surface area (Å²) in [5.74, 6) is -0.386. The number of primary amides is 1. The Hall–Kier alpha value is -2.53. The molecule has 0 unspecified atom stereocenters. The number of amides is 1. The first kappa shape index (κ1) is 17.3. The molecule has 3 N–H and O–H groups in total. The lowest BCUT2D eigenvalue weighted by Gasteiger charge is -2.36. The molecular weight excluding hydrogens is 312 g/mol. The minimum atomic E-state index is -0.386. The highest BCUT2D eigenvalue weighted by molar-refractivity contribution is 5.99. The molecule has 1 amide bonds. The normalized spacial score (nSPS) is 15.2. The van der Waals surface area contributed by atoms with Crippen LogP contribution in [0.1, 0.15) is 15.9 Å². The third-order valence-corrected chi connectivity index (χ3v) is 4.76. The van der Waals surface area contributed by atoms with Crippen LogP contribution in [-0.4, -0.2) is 50.1 Å². The first-order chi connectivity index (χ1) is 12.1. The predicted molar refractivity (Wildman–Crippen MR) is 103 cm³/mol. The number of nitrogens with two attached hydrogens (primary N) is 1. The van der Waals surface area contributed by atoms with Gasteiger partial charge in [0.15, 0.2) is 0 Å². The molecule has 5 nitrogen and oxygen atoms in total. The molecule has 25 heavy (non-hydrogen) atoms. The summed E-state index contributed by atoms with van der Waals surface area (Å²) in [6.45, 7) is 7.93. The van der Waals surface area contributed by atoms with E-state index in [2.05, 4.69) is 45.4 Å². The standard InChI is InChI=1S/C20H26N4O/c1-16-6-5-9-18(20(21)25)19(16)22-10-11-23-12-14-24(15-13-23)17-7-3-2-4-8-17/h2-9,22H,10-15H2,1H3,(H2,21,25). The van der Waals surface area contributed by atoms with Crippen molar-refractivity contribution < 1.29 is 4.79 Å². The molecule has 1 heterocycles. The molecule has 0 aliphatic carbocycles. The number of piperazine rings is 1. The van der Waals surface area contributed by atoms with Crippen LogP contribution in [0, 0.1) is 6.92 Å². The van der Waals surface area contributed by atoms with Crippen molar-refractivity contribution in [2.24, 2.45) is 5.73 Å². The summed E-state index contributed by atoms with van der Waals surface area (Å²) >= 11 is 0. The molecule has 0 saturated carbocycles. The molecule has 1 aliphatic rings. The molecule has 0 atom stereocenters. The van der Waals surface area contributed by atoms with E-state index in [-0.39, 0.29) is 5.91 Å². The molecule has 1 aliphatic heterocycles. The van der Waals surface area contributed by atoms with Gasteiger partial charge in [-0.25, -0.2) is 0 Å². The van der Waals surface area contributed by atoms with Crippen molar-refractivity contribution in [3.8, 4) is 0 Å². The first-order valence-electron chi connectivity index (χ1n) is 8.81. The van der Waals surface area contributed by atoms with E-state index in [0.29, 0.717) is 5.56 Å². The van der Waals surface area contributed by atoms with E-state index < -0.39 is 0 Å². The van der Waals surface area contributed by atoms with Crippen LogP contribution < -0.4 is 16.0 Å².